The molecule has 146 valence electrons. The quantitative estimate of drug-likeness (QED) is 0.494. The van der Waals surface area contributed by atoms with E-state index in [9.17, 15) is 0 Å². The fraction of sp³-hybridized carbons (Fsp3) is 0.632. The highest BCUT2D eigenvalue weighted by Crippen LogP contribution is 2.33. The molecule has 1 aromatic rings. The van der Waals surface area contributed by atoms with Gasteiger partial charge in [0.2, 0.25) is 0 Å². The van der Waals surface area contributed by atoms with E-state index in [-0.39, 0.29) is 0 Å². The Bertz CT molecular complexity index is 589. The topological polar surface area (TPSA) is 58.1 Å². The molecule has 0 aliphatic carbocycles. The van der Waals surface area contributed by atoms with Crippen LogP contribution in [-0.2, 0) is 6.54 Å². The fourth-order valence-electron chi connectivity index (χ4n) is 3.04. The highest BCUT2D eigenvalue weighted by molar-refractivity contribution is 9.10. The summed E-state index contributed by atoms with van der Waals surface area (Å²) in [6.45, 7) is 7.86. The minimum Gasteiger partial charge on any atom is -0.493 e. The molecule has 1 aliphatic heterocycles. The summed E-state index contributed by atoms with van der Waals surface area (Å²) in [4.78, 5) is 7.23. The number of ether oxygens (including phenoxy) is 2. The molecule has 1 aromatic carbocycles. The third-order valence-electron chi connectivity index (χ3n) is 4.47. The first-order valence-electron chi connectivity index (χ1n) is 9.32. The third-order valence-corrected chi connectivity index (χ3v) is 5.21. The zero-order valence-corrected chi connectivity index (χ0v) is 17.7. The molecule has 0 atom stereocenters. The van der Waals surface area contributed by atoms with Crippen molar-refractivity contribution in [3.05, 3.63) is 22.2 Å². The van der Waals surface area contributed by atoms with Crippen LogP contribution in [0.3, 0.4) is 0 Å². The van der Waals surface area contributed by atoms with Crippen molar-refractivity contribution in [1.82, 2.24) is 15.5 Å². The number of piperidine rings is 1. The van der Waals surface area contributed by atoms with E-state index in [1.165, 1.54) is 32.4 Å². The summed E-state index contributed by atoms with van der Waals surface area (Å²) in [6, 6.07) is 3.88. The SMILES string of the molecule is CCNC(=NCc1cc(OC)c(OC)cc1Br)NCCN1CCCCC1. The highest BCUT2D eigenvalue weighted by Gasteiger charge is 2.11. The van der Waals surface area contributed by atoms with E-state index in [1.807, 2.05) is 12.1 Å². The van der Waals surface area contributed by atoms with Crippen molar-refractivity contribution < 1.29 is 9.47 Å². The molecule has 0 saturated carbocycles. The molecule has 0 amide bonds. The van der Waals surface area contributed by atoms with Crippen LogP contribution in [-0.4, -0.2) is 57.8 Å². The van der Waals surface area contributed by atoms with Crippen molar-refractivity contribution >= 4 is 21.9 Å². The van der Waals surface area contributed by atoms with Gasteiger partial charge >= 0.3 is 0 Å². The number of hydrogen-bond donors (Lipinski definition) is 2. The first kappa shape index (κ1) is 20.8. The van der Waals surface area contributed by atoms with Crippen molar-refractivity contribution in [2.45, 2.75) is 32.7 Å². The number of hydrogen-bond acceptors (Lipinski definition) is 4. The van der Waals surface area contributed by atoms with Crippen molar-refractivity contribution in [3.63, 3.8) is 0 Å². The molecule has 6 nitrogen and oxygen atoms in total. The van der Waals surface area contributed by atoms with Gasteiger partial charge in [0, 0.05) is 24.1 Å². The zero-order chi connectivity index (χ0) is 18.8. The predicted octanol–water partition coefficient (Wildman–Crippen LogP) is 3.01. The van der Waals surface area contributed by atoms with Crippen LogP contribution in [0.15, 0.2) is 21.6 Å². The molecule has 0 aromatic heterocycles. The van der Waals surface area contributed by atoms with E-state index < -0.39 is 0 Å². The number of rotatable bonds is 8. The maximum Gasteiger partial charge on any atom is 0.191 e. The number of nitrogens with one attached hydrogen (secondary N) is 2. The second-order valence-electron chi connectivity index (χ2n) is 6.32. The first-order valence-corrected chi connectivity index (χ1v) is 10.1. The monoisotopic (exact) mass is 426 g/mol. The van der Waals surface area contributed by atoms with Gasteiger partial charge in [0.15, 0.2) is 17.5 Å². The van der Waals surface area contributed by atoms with Crippen LogP contribution in [0.25, 0.3) is 0 Å². The van der Waals surface area contributed by atoms with Gasteiger partial charge in [-0.1, -0.05) is 22.4 Å². The summed E-state index contributed by atoms with van der Waals surface area (Å²) in [5, 5.41) is 6.75. The van der Waals surface area contributed by atoms with Crippen molar-refractivity contribution in [2.75, 3.05) is 46.9 Å². The average molecular weight is 427 g/mol. The highest BCUT2D eigenvalue weighted by atomic mass is 79.9. The minimum atomic E-state index is 0.556. The first-order chi connectivity index (χ1) is 12.7. The van der Waals surface area contributed by atoms with Crippen molar-refractivity contribution in [3.8, 4) is 11.5 Å². The molecule has 7 heteroatoms. The standard InChI is InChI=1S/C19H31BrN4O2/c1-4-21-19(22-8-11-24-9-6-5-7-10-24)23-14-15-12-17(25-2)18(26-3)13-16(15)20/h12-13H,4-11,14H2,1-3H3,(H2,21,22,23). The van der Waals surface area contributed by atoms with Crippen LogP contribution in [0.5, 0.6) is 11.5 Å². The minimum absolute atomic E-state index is 0.556. The smallest absolute Gasteiger partial charge is 0.191 e. The van der Waals surface area contributed by atoms with Crippen LogP contribution < -0.4 is 20.1 Å². The van der Waals surface area contributed by atoms with Gasteiger partial charge in [0.05, 0.1) is 20.8 Å². The van der Waals surface area contributed by atoms with Crippen molar-refractivity contribution in [2.24, 2.45) is 4.99 Å². The zero-order valence-electron chi connectivity index (χ0n) is 16.1. The lowest BCUT2D eigenvalue weighted by Gasteiger charge is -2.26. The molecule has 2 rings (SSSR count). The van der Waals surface area contributed by atoms with E-state index >= 15 is 0 Å². The van der Waals surface area contributed by atoms with Crippen LogP contribution in [0.1, 0.15) is 31.7 Å². The van der Waals surface area contributed by atoms with Crippen molar-refractivity contribution in [1.29, 1.82) is 0 Å². The normalized spacial score (nSPS) is 15.6. The Labute approximate surface area is 165 Å². The Balaban J connectivity index is 1.95. The molecule has 1 fully saturated rings. The molecule has 0 unspecified atom stereocenters. The summed E-state index contributed by atoms with van der Waals surface area (Å²) in [7, 11) is 3.28. The predicted molar refractivity (Wildman–Crippen MR) is 110 cm³/mol. The lowest BCUT2D eigenvalue weighted by atomic mass is 10.1. The van der Waals surface area contributed by atoms with Gasteiger partial charge in [-0.2, -0.15) is 0 Å². The summed E-state index contributed by atoms with van der Waals surface area (Å²) < 4.78 is 11.7. The van der Waals surface area contributed by atoms with Crippen LogP contribution >= 0.6 is 15.9 Å². The van der Waals surface area contributed by atoms with Crippen LogP contribution in [0, 0.1) is 0 Å². The lowest BCUT2D eigenvalue weighted by molar-refractivity contribution is 0.232. The largest absolute Gasteiger partial charge is 0.493 e. The maximum absolute atomic E-state index is 5.39. The molecule has 0 radical (unpaired) electrons. The van der Waals surface area contributed by atoms with E-state index in [2.05, 4.69) is 38.4 Å². The molecular weight excluding hydrogens is 396 g/mol. The number of nitrogens with zero attached hydrogens (tertiary/aromatic N) is 2. The number of benzene rings is 1. The van der Waals surface area contributed by atoms with Gasteiger partial charge in [0.25, 0.3) is 0 Å². The molecule has 1 saturated heterocycles. The molecule has 2 N–H and O–H groups in total. The molecule has 0 spiro atoms. The van der Waals surface area contributed by atoms with E-state index in [0.717, 1.165) is 35.6 Å². The second kappa shape index (κ2) is 11.3. The van der Waals surface area contributed by atoms with Gasteiger partial charge in [-0.3, -0.25) is 0 Å². The van der Waals surface area contributed by atoms with E-state index in [1.54, 1.807) is 14.2 Å². The number of guanidine groups is 1. The Morgan fingerprint density at radius 3 is 2.46 bits per heavy atom. The summed E-state index contributed by atoms with van der Waals surface area (Å²) in [6.07, 6.45) is 4.01. The Hall–Kier alpha value is -1.47. The number of halogens is 1. The number of methoxy groups -OCH3 is 2. The molecule has 0 bridgehead atoms. The Morgan fingerprint density at radius 1 is 1.12 bits per heavy atom. The van der Waals surface area contributed by atoms with E-state index in [0.29, 0.717) is 18.0 Å². The third kappa shape index (κ3) is 6.36. The fourth-order valence-corrected chi connectivity index (χ4v) is 3.49. The van der Waals surface area contributed by atoms with Crippen LogP contribution in [0.4, 0.5) is 0 Å². The molecule has 1 heterocycles. The van der Waals surface area contributed by atoms with Gasteiger partial charge in [-0.15, -0.1) is 0 Å². The van der Waals surface area contributed by atoms with E-state index in [4.69, 9.17) is 14.5 Å². The molecule has 26 heavy (non-hydrogen) atoms. The lowest BCUT2D eigenvalue weighted by Crippen LogP contribution is -2.42. The van der Waals surface area contributed by atoms with Gasteiger partial charge < -0.3 is 25.0 Å². The number of likely N-dealkylation sites (tertiary alicyclic amines) is 1. The van der Waals surface area contributed by atoms with Gasteiger partial charge in [0.1, 0.15) is 0 Å². The average Bonchev–Trinajstić information content (AvgIpc) is 2.67. The Kier molecular flexibility index (Phi) is 9.05. The number of aliphatic imine (C=N–C) groups is 1. The Morgan fingerprint density at radius 2 is 1.81 bits per heavy atom. The molecule has 1 aliphatic rings. The maximum atomic E-state index is 5.39. The van der Waals surface area contributed by atoms with Gasteiger partial charge in [-0.05, 0) is 50.6 Å². The summed E-state index contributed by atoms with van der Waals surface area (Å²) >= 11 is 3.59. The van der Waals surface area contributed by atoms with Crippen LogP contribution in [0.2, 0.25) is 0 Å². The summed E-state index contributed by atoms with van der Waals surface area (Å²) in [5.74, 6) is 2.26. The summed E-state index contributed by atoms with van der Waals surface area (Å²) in [5.41, 5.74) is 1.05. The second-order valence-corrected chi connectivity index (χ2v) is 7.18. The molecular formula is C19H31BrN4O2. The van der Waals surface area contributed by atoms with Gasteiger partial charge in [-0.25, -0.2) is 4.99 Å².